The quantitative estimate of drug-likeness (QED) is 0.133. The second kappa shape index (κ2) is 19.2. The summed E-state index contributed by atoms with van der Waals surface area (Å²) < 4.78 is 0. The second-order valence-electron chi connectivity index (χ2n) is 17.8. The Hall–Kier alpha value is -10.3. The Morgan fingerprint density at radius 3 is 0.959 bits per heavy atom. The Morgan fingerprint density at radius 1 is 0.203 bits per heavy atom. The summed E-state index contributed by atoms with van der Waals surface area (Å²) >= 11 is 0. The molecule has 9 heteroatoms. The van der Waals surface area contributed by atoms with E-state index < -0.39 is 0 Å². The lowest BCUT2D eigenvalue weighted by Crippen LogP contribution is -2.25. The van der Waals surface area contributed by atoms with E-state index in [-0.39, 0.29) is 0 Å². The lowest BCUT2D eigenvalue weighted by molar-refractivity contribution is 1.07. The van der Waals surface area contributed by atoms with Crippen LogP contribution in [0.1, 0.15) is 0 Å². The number of hydrogen-bond acceptors (Lipinski definition) is 9. The van der Waals surface area contributed by atoms with Crippen LogP contribution in [0.3, 0.4) is 0 Å². The minimum absolute atomic E-state index is 0.503. The van der Waals surface area contributed by atoms with Gasteiger partial charge in [0, 0.05) is 50.6 Å². The molecule has 0 spiro atoms. The summed E-state index contributed by atoms with van der Waals surface area (Å²) in [7, 11) is 0. The molecule has 0 unspecified atom stereocenters. The van der Waals surface area contributed by atoms with E-state index in [9.17, 15) is 0 Å². The molecule has 74 heavy (non-hydrogen) atoms. The van der Waals surface area contributed by atoms with Crippen molar-refractivity contribution in [2.75, 3.05) is 9.80 Å². The maximum Gasteiger partial charge on any atom is 0.166 e. The summed E-state index contributed by atoms with van der Waals surface area (Å²) in [5, 5.41) is 0. The van der Waals surface area contributed by atoms with Crippen molar-refractivity contribution >= 4 is 34.3 Å². The van der Waals surface area contributed by atoms with Crippen LogP contribution in [0.4, 0.5) is 34.3 Å². The van der Waals surface area contributed by atoms with Gasteiger partial charge in [0.1, 0.15) is 5.82 Å². The van der Waals surface area contributed by atoms with Crippen molar-refractivity contribution in [1.82, 2.24) is 34.9 Å². The molecule has 0 atom stereocenters. The van der Waals surface area contributed by atoms with Gasteiger partial charge in [0.15, 0.2) is 29.1 Å². The highest BCUT2D eigenvalue weighted by Gasteiger charge is 2.33. The molecular weight excluding hydrogens is 907 g/mol. The average molecular weight is 950 g/mol. The number of anilines is 6. The first-order valence-corrected chi connectivity index (χ1v) is 24.5. The Morgan fingerprint density at radius 2 is 0.527 bits per heavy atom. The Kier molecular flexibility index (Phi) is 11.3. The van der Waals surface area contributed by atoms with Crippen LogP contribution in [-0.4, -0.2) is 34.9 Å². The molecule has 1 aliphatic heterocycles. The highest BCUT2D eigenvalue weighted by atomic mass is 15.3. The minimum atomic E-state index is 0.503. The normalized spacial score (nSPS) is 11.7. The number of para-hydroxylation sites is 4. The molecule has 348 valence electrons. The van der Waals surface area contributed by atoms with Crippen molar-refractivity contribution in [3.05, 3.63) is 261 Å². The topological polar surface area (TPSA) is 96.7 Å². The van der Waals surface area contributed by atoms with Gasteiger partial charge in [0.2, 0.25) is 0 Å². The zero-order valence-electron chi connectivity index (χ0n) is 39.9. The third-order valence-electron chi connectivity index (χ3n) is 13.1. The van der Waals surface area contributed by atoms with Crippen LogP contribution in [-0.2, 0) is 0 Å². The zero-order valence-corrected chi connectivity index (χ0v) is 39.9. The third kappa shape index (κ3) is 8.40. The molecule has 12 aromatic rings. The van der Waals surface area contributed by atoms with E-state index in [1.807, 2.05) is 146 Å². The SMILES string of the molecule is c1ccc(-c2cc(-c3ccc(N4c5ccccc5N(c5cc(-c6ccccc6)nc(-c6ccccc6)n5)c5ccccc54)c(-c4nc(-c5ccccc5)nc(-c5ccccc5)n4)c3)nc(-c3ccccc3)n2)cc1. The van der Waals surface area contributed by atoms with Crippen LogP contribution in [0, 0.1) is 0 Å². The van der Waals surface area contributed by atoms with Gasteiger partial charge in [-0.15, -0.1) is 0 Å². The van der Waals surface area contributed by atoms with E-state index in [2.05, 4.69) is 125 Å². The minimum Gasteiger partial charge on any atom is -0.306 e. The van der Waals surface area contributed by atoms with Crippen LogP contribution in [0.25, 0.3) is 90.7 Å². The summed E-state index contributed by atoms with van der Waals surface area (Å²) in [5.74, 6) is 3.61. The number of fused-ring (bicyclic) bond motifs is 2. The van der Waals surface area contributed by atoms with E-state index in [0.29, 0.717) is 29.1 Å². The third-order valence-corrected chi connectivity index (χ3v) is 13.1. The van der Waals surface area contributed by atoms with Crippen molar-refractivity contribution in [3.8, 4) is 90.7 Å². The van der Waals surface area contributed by atoms with Gasteiger partial charge in [0.05, 0.1) is 45.5 Å². The van der Waals surface area contributed by atoms with Gasteiger partial charge in [-0.1, -0.05) is 212 Å². The highest BCUT2D eigenvalue weighted by molar-refractivity contribution is 6.04. The lowest BCUT2D eigenvalue weighted by Gasteiger charge is -2.40. The predicted molar refractivity (Wildman–Crippen MR) is 297 cm³/mol. The van der Waals surface area contributed by atoms with Crippen molar-refractivity contribution in [2.24, 2.45) is 0 Å². The molecule has 0 N–H and O–H groups in total. The Labute approximate surface area is 428 Å². The fraction of sp³-hybridized carbons (Fsp3) is 0. The van der Waals surface area contributed by atoms with Crippen LogP contribution < -0.4 is 9.80 Å². The highest BCUT2D eigenvalue weighted by Crippen LogP contribution is 2.55. The largest absolute Gasteiger partial charge is 0.306 e. The fourth-order valence-corrected chi connectivity index (χ4v) is 9.54. The van der Waals surface area contributed by atoms with Crippen molar-refractivity contribution in [1.29, 1.82) is 0 Å². The Balaban J connectivity index is 1.05. The van der Waals surface area contributed by atoms with Gasteiger partial charge >= 0.3 is 0 Å². The summed E-state index contributed by atoms with van der Waals surface area (Å²) in [6, 6.07) is 88.6. The summed E-state index contributed by atoms with van der Waals surface area (Å²) in [4.78, 5) is 41.3. The van der Waals surface area contributed by atoms with Crippen molar-refractivity contribution < 1.29 is 0 Å². The predicted octanol–water partition coefficient (Wildman–Crippen LogP) is 16.0. The molecule has 0 saturated heterocycles. The second-order valence-corrected chi connectivity index (χ2v) is 17.8. The molecule has 0 saturated carbocycles. The summed E-state index contributed by atoms with van der Waals surface area (Å²) in [5.41, 5.74) is 14.2. The first-order valence-electron chi connectivity index (χ1n) is 24.5. The standard InChI is InChI=1S/C65H43N9/c1-7-23-44(24-8-1)52-42-53(67-61(66-52)46-27-11-3-12-28-46)50-39-40-55(51(41-50)65-71-63(48-31-15-5-16-32-48)70-64(72-65)49-33-17-6-18-34-49)73-56-35-19-21-37-58(56)74(59-38-22-20-36-57(59)73)60-43-54(45-25-9-2-10-26-45)68-62(69-60)47-29-13-4-14-30-47/h1-43H. The van der Waals surface area contributed by atoms with Crippen molar-refractivity contribution in [2.45, 2.75) is 0 Å². The molecule has 9 nitrogen and oxygen atoms in total. The first-order chi connectivity index (χ1) is 36.7. The smallest absolute Gasteiger partial charge is 0.166 e. The molecule has 13 rings (SSSR count). The van der Waals surface area contributed by atoms with Gasteiger partial charge in [-0.3, -0.25) is 4.90 Å². The average Bonchev–Trinajstić information content (AvgIpc) is 3.49. The van der Waals surface area contributed by atoms with Gasteiger partial charge in [-0.05, 0) is 42.5 Å². The molecule has 0 bridgehead atoms. The summed E-state index contributed by atoms with van der Waals surface area (Å²) in [6.45, 7) is 0. The zero-order chi connectivity index (χ0) is 49.2. The molecule has 0 amide bonds. The van der Waals surface area contributed by atoms with E-state index in [1.165, 1.54) is 0 Å². The monoisotopic (exact) mass is 949 g/mol. The molecule has 1 aliphatic rings. The summed E-state index contributed by atoms with van der Waals surface area (Å²) in [6.07, 6.45) is 0. The molecular formula is C65H43N9. The first kappa shape index (κ1) is 43.7. The van der Waals surface area contributed by atoms with E-state index >= 15 is 0 Å². The van der Waals surface area contributed by atoms with E-state index in [0.717, 1.165) is 95.8 Å². The Bertz CT molecular complexity index is 3730. The fourth-order valence-electron chi connectivity index (χ4n) is 9.54. The van der Waals surface area contributed by atoms with E-state index in [1.54, 1.807) is 0 Å². The van der Waals surface area contributed by atoms with Crippen LogP contribution in [0.15, 0.2) is 261 Å². The number of aromatic nitrogens is 7. The van der Waals surface area contributed by atoms with Crippen LogP contribution >= 0.6 is 0 Å². The lowest BCUT2D eigenvalue weighted by atomic mass is 9.99. The number of rotatable bonds is 10. The maximum atomic E-state index is 5.36. The number of benzene rings is 9. The van der Waals surface area contributed by atoms with Crippen LogP contribution in [0.2, 0.25) is 0 Å². The molecule has 0 fully saturated rings. The number of nitrogens with zero attached hydrogens (tertiary/aromatic N) is 9. The molecule has 4 heterocycles. The molecule has 3 aromatic heterocycles. The van der Waals surface area contributed by atoms with Gasteiger partial charge in [-0.25, -0.2) is 34.9 Å². The number of hydrogen-bond donors (Lipinski definition) is 0. The van der Waals surface area contributed by atoms with Crippen molar-refractivity contribution in [3.63, 3.8) is 0 Å². The maximum absolute atomic E-state index is 5.36. The molecule has 0 aliphatic carbocycles. The molecule has 0 radical (unpaired) electrons. The van der Waals surface area contributed by atoms with Gasteiger partial charge in [0.25, 0.3) is 0 Å². The molecule has 9 aromatic carbocycles. The van der Waals surface area contributed by atoms with E-state index in [4.69, 9.17) is 34.9 Å². The van der Waals surface area contributed by atoms with Gasteiger partial charge < -0.3 is 4.90 Å². The van der Waals surface area contributed by atoms with Crippen LogP contribution in [0.5, 0.6) is 0 Å². The van der Waals surface area contributed by atoms with Gasteiger partial charge in [-0.2, -0.15) is 0 Å².